The van der Waals surface area contributed by atoms with Crippen LogP contribution in [0.15, 0.2) is 30.3 Å². The van der Waals surface area contributed by atoms with E-state index < -0.39 is 0 Å². The molecule has 0 radical (unpaired) electrons. The number of nitrogens with zero attached hydrogens (tertiary/aromatic N) is 1. The van der Waals surface area contributed by atoms with Crippen LogP contribution < -0.4 is 10.1 Å². The van der Waals surface area contributed by atoms with Gasteiger partial charge < -0.3 is 10.1 Å². The van der Waals surface area contributed by atoms with Crippen molar-refractivity contribution >= 4 is 0 Å². The van der Waals surface area contributed by atoms with Crippen molar-refractivity contribution in [2.75, 3.05) is 32.8 Å². The summed E-state index contributed by atoms with van der Waals surface area (Å²) in [6.07, 6.45) is 1.22. The molecule has 1 aliphatic rings. The minimum absolute atomic E-state index is 0.212. The van der Waals surface area contributed by atoms with Crippen LogP contribution in [0, 0.1) is 0 Å². The molecule has 1 aromatic rings. The molecule has 100 valence electrons. The molecule has 0 unspecified atom stereocenters. The summed E-state index contributed by atoms with van der Waals surface area (Å²) in [6.45, 7) is 9.66. The zero-order chi connectivity index (χ0) is 12.8. The van der Waals surface area contributed by atoms with E-state index in [1.807, 2.05) is 30.3 Å². The average molecular weight is 248 g/mol. The maximum Gasteiger partial charge on any atom is 0.119 e. The molecule has 18 heavy (non-hydrogen) atoms. The van der Waals surface area contributed by atoms with E-state index in [0.717, 1.165) is 38.5 Å². The summed E-state index contributed by atoms with van der Waals surface area (Å²) in [5.41, 5.74) is 0.212. The van der Waals surface area contributed by atoms with Crippen LogP contribution in [0.25, 0.3) is 0 Å². The standard InChI is InChI=1S/C15H24N2O/c1-15(2)13-17(10-6-9-16-15)11-12-18-14-7-4-3-5-8-14/h3-5,7-8,16H,6,9-13H2,1-2H3. The lowest BCUT2D eigenvalue weighted by molar-refractivity contribution is 0.187. The maximum atomic E-state index is 5.76. The summed E-state index contributed by atoms with van der Waals surface area (Å²) in [5, 5.41) is 3.58. The lowest BCUT2D eigenvalue weighted by Crippen LogP contribution is -2.47. The molecule has 3 heteroatoms. The van der Waals surface area contributed by atoms with Gasteiger partial charge in [-0.2, -0.15) is 0 Å². The van der Waals surface area contributed by atoms with Crippen LogP contribution in [0.1, 0.15) is 20.3 Å². The van der Waals surface area contributed by atoms with Crippen molar-refractivity contribution in [3.05, 3.63) is 30.3 Å². The van der Waals surface area contributed by atoms with Crippen molar-refractivity contribution in [3.63, 3.8) is 0 Å². The highest BCUT2D eigenvalue weighted by molar-refractivity contribution is 5.20. The third-order valence-electron chi connectivity index (χ3n) is 3.29. The van der Waals surface area contributed by atoms with Crippen molar-refractivity contribution < 1.29 is 4.74 Å². The molecule has 1 aromatic carbocycles. The fraction of sp³-hybridized carbons (Fsp3) is 0.600. The predicted molar refractivity (Wildman–Crippen MR) is 75.1 cm³/mol. The molecule has 1 N–H and O–H groups in total. The Kier molecular flexibility index (Phi) is 4.61. The van der Waals surface area contributed by atoms with E-state index in [1.54, 1.807) is 0 Å². The first-order valence-corrected chi connectivity index (χ1v) is 6.81. The van der Waals surface area contributed by atoms with Crippen molar-refractivity contribution in [3.8, 4) is 5.75 Å². The second-order valence-electron chi connectivity index (χ2n) is 5.60. The van der Waals surface area contributed by atoms with Gasteiger partial charge in [0, 0.05) is 18.6 Å². The van der Waals surface area contributed by atoms with E-state index >= 15 is 0 Å². The number of benzene rings is 1. The van der Waals surface area contributed by atoms with Gasteiger partial charge in [-0.1, -0.05) is 18.2 Å². The first-order chi connectivity index (χ1) is 8.66. The quantitative estimate of drug-likeness (QED) is 0.883. The Morgan fingerprint density at radius 1 is 1.28 bits per heavy atom. The number of ether oxygens (including phenoxy) is 1. The fourth-order valence-corrected chi connectivity index (χ4v) is 2.42. The molecular weight excluding hydrogens is 224 g/mol. The van der Waals surface area contributed by atoms with E-state index in [0.29, 0.717) is 0 Å². The van der Waals surface area contributed by atoms with Crippen molar-refractivity contribution in [2.24, 2.45) is 0 Å². The Balaban J connectivity index is 1.76. The van der Waals surface area contributed by atoms with Crippen molar-refractivity contribution in [1.82, 2.24) is 10.2 Å². The molecular formula is C15H24N2O. The van der Waals surface area contributed by atoms with Crippen LogP contribution in [0.3, 0.4) is 0 Å². The Hall–Kier alpha value is -1.06. The van der Waals surface area contributed by atoms with Crippen LogP contribution in [-0.4, -0.2) is 43.2 Å². The maximum absolute atomic E-state index is 5.76. The minimum Gasteiger partial charge on any atom is -0.492 e. The zero-order valence-electron chi connectivity index (χ0n) is 11.5. The Morgan fingerprint density at radius 3 is 2.83 bits per heavy atom. The normalized spacial score (nSPS) is 20.3. The molecule has 0 saturated carbocycles. The first-order valence-electron chi connectivity index (χ1n) is 6.81. The smallest absolute Gasteiger partial charge is 0.119 e. The van der Waals surface area contributed by atoms with Gasteiger partial charge in [0.1, 0.15) is 12.4 Å². The van der Waals surface area contributed by atoms with E-state index in [1.165, 1.54) is 6.42 Å². The van der Waals surface area contributed by atoms with E-state index in [4.69, 9.17) is 4.74 Å². The van der Waals surface area contributed by atoms with Gasteiger partial charge in [-0.05, 0) is 45.5 Å². The van der Waals surface area contributed by atoms with Gasteiger partial charge in [-0.3, -0.25) is 4.90 Å². The number of hydrogen-bond donors (Lipinski definition) is 1. The molecule has 0 aromatic heterocycles. The molecule has 0 spiro atoms. The Morgan fingerprint density at radius 2 is 2.06 bits per heavy atom. The topological polar surface area (TPSA) is 24.5 Å². The second-order valence-corrected chi connectivity index (χ2v) is 5.60. The van der Waals surface area contributed by atoms with Crippen molar-refractivity contribution in [2.45, 2.75) is 25.8 Å². The predicted octanol–water partition coefficient (Wildman–Crippen LogP) is 2.14. The summed E-state index contributed by atoms with van der Waals surface area (Å²) >= 11 is 0. The first kappa shape index (κ1) is 13.4. The largest absolute Gasteiger partial charge is 0.492 e. The van der Waals surface area contributed by atoms with Crippen LogP contribution in [0.5, 0.6) is 5.75 Å². The minimum atomic E-state index is 0.212. The highest BCUT2D eigenvalue weighted by Crippen LogP contribution is 2.11. The molecule has 1 fully saturated rings. The third kappa shape index (κ3) is 4.31. The van der Waals surface area contributed by atoms with Crippen molar-refractivity contribution in [1.29, 1.82) is 0 Å². The molecule has 3 nitrogen and oxygen atoms in total. The molecule has 2 rings (SSSR count). The summed E-state index contributed by atoms with van der Waals surface area (Å²) in [6, 6.07) is 10.0. The van der Waals surface area contributed by atoms with Crippen LogP contribution in [-0.2, 0) is 0 Å². The fourth-order valence-electron chi connectivity index (χ4n) is 2.42. The van der Waals surface area contributed by atoms with Gasteiger partial charge in [-0.25, -0.2) is 0 Å². The van der Waals surface area contributed by atoms with Gasteiger partial charge in [0.05, 0.1) is 0 Å². The van der Waals surface area contributed by atoms with Gasteiger partial charge in [0.25, 0.3) is 0 Å². The highest BCUT2D eigenvalue weighted by Gasteiger charge is 2.23. The number of rotatable bonds is 4. The Bertz CT molecular complexity index is 351. The van der Waals surface area contributed by atoms with E-state index in [9.17, 15) is 0 Å². The van der Waals surface area contributed by atoms with Gasteiger partial charge in [0.2, 0.25) is 0 Å². The Labute approximate surface area is 110 Å². The summed E-state index contributed by atoms with van der Waals surface area (Å²) < 4.78 is 5.76. The molecule has 0 bridgehead atoms. The van der Waals surface area contributed by atoms with E-state index in [-0.39, 0.29) is 5.54 Å². The highest BCUT2D eigenvalue weighted by atomic mass is 16.5. The summed E-state index contributed by atoms with van der Waals surface area (Å²) in [5.74, 6) is 0.963. The molecule has 1 heterocycles. The molecule has 1 saturated heterocycles. The van der Waals surface area contributed by atoms with Crippen LogP contribution in [0.4, 0.5) is 0 Å². The summed E-state index contributed by atoms with van der Waals surface area (Å²) in [7, 11) is 0. The molecule has 0 amide bonds. The van der Waals surface area contributed by atoms with Gasteiger partial charge >= 0.3 is 0 Å². The lowest BCUT2D eigenvalue weighted by Gasteiger charge is -2.29. The van der Waals surface area contributed by atoms with Crippen LogP contribution >= 0.6 is 0 Å². The molecule has 0 atom stereocenters. The molecule has 1 aliphatic heterocycles. The van der Waals surface area contributed by atoms with E-state index in [2.05, 4.69) is 24.1 Å². The number of hydrogen-bond acceptors (Lipinski definition) is 3. The molecule has 0 aliphatic carbocycles. The lowest BCUT2D eigenvalue weighted by atomic mass is 10.1. The third-order valence-corrected chi connectivity index (χ3v) is 3.29. The monoisotopic (exact) mass is 248 g/mol. The SMILES string of the molecule is CC1(C)CN(CCOc2ccccc2)CCCN1. The zero-order valence-corrected chi connectivity index (χ0v) is 11.5. The van der Waals surface area contributed by atoms with Gasteiger partial charge in [0.15, 0.2) is 0 Å². The van der Waals surface area contributed by atoms with Gasteiger partial charge in [-0.15, -0.1) is 0 Å². The van der Waals surface area contributed by atoms with Crippen LogP contribution in [0.2, 0.25) is 0 Å². The average Bonchev–Trinajstić information content (AvgIpc) is 2.51. The summed E-state index contributed by atoms with van der Waals surface area (Å²) in [4.78, 5) is 2.49. The second kappa shape index (κ2) is 6.21. The number of nitrogens with one attached hydrogen (secondary N) is 1. The number of para-hydroxylation sites is 1.